The van der Waals surface area contributed by atoms with E-state index in [1.54, 1.807) is 23.1 Å². The number of nitrogens with zero attached hydrogens (tertiary/aromatic N) is 1. The maximum Gasteiger partial charge on any atom is 0.188 e. The van der Waals surface area contributed by atoms with Crippen LogP contribution >= 0.6 is 39.0 Å². The minimum Gasteiger partial charge on any atom is -0.332 e. The lowest BCUT2D eigenvalue weighted by atomic mass is 10.3. The van der Waals surface area contributed by atoms with Crippen molar-refractivity contribution in [3.8, 4) is 0 Å². The zero-order valence-electron chi connectivity index (χ0n) is 10.2. The highest BCUT2D eigenvalue weighted by Gasteiger charge is 2.07. The molecule has 96 valence electrons. The summed E-state index contributed by atoms with van der Waals surface area (Å²) in [6, 6.07) is 14.4. The molecule has 2 aromatic carbocycles. The van der Waals surface area contributed by atoms with Crippen molar-refractivity contribution < 1.29 is 0 Å². The Balaban J connectivity index is 1.95. The molecule has 1 aromatic heterocycles. The first-order valence-electron chi connectivity index (χ1n) is 5.72. The minimum absolute atomic E-state index is 0.929. The van der Waals surface area contributed by atoms with Crippen LogP contribution in [-0.4, -0.2) is 11.2 Å². The number of thioether (sulfide) groups is 1. The van der Waals surface area contributed by atoms with E-state index in [1.165, 1.54) is 9.60 Å². The van der Waals surface area contributed by atoms with Gasteiger partial charge in [0, 0.05) is 15.1 Å². The lowest BCUT2D eigenvalue weighted by molar-refractivity contribution is 1.39. The monoisotopic (exact) mass is 350 g/mol. The predicted molar refractivity (Wildman–Crippen MR) is 88.8 cm³/mol. The third kappa shape index (κ3) is 2.78. The van der Waals surface area contributed by atoms with Crippen molar-refractivity contribution in [3.05, 3.63) is 46.9 Å². The van der Waals surface area contributed by atoms with Crippen LogP contribution in [0.1, 0.15) is 0 Å². The molecule has 19 heavy (non-hydrogen) atoms. The second kappa shape index (κ2) is 5.53. The van der Waals surface area contributed by atoms with Gasteiger partial charge >= 0.3 is 0 Å². The molecule has 0 saturated heterocycles. The number of nitrogens with one attached hydrogen (secondary N) is 1. The van der Waals surface area contributed by atoms with Crippen LogP contribution in [0.5, 0.6) is 0 Å². The molecule has 0 bridgehead atoms. The second-order valence-corrected chi connectivity index (χ2v) is 6.75. The smallest absolute Gasteiger partial charge is 0.188 e. The van der Waals surface area contributed by atoms with Crippen LogP contribution < -0.4 is 5.32 Å². The molecule has 1 heterocycles. The fraction of sp³-hybridized carbons (Fsp3) is 0.0714. The van der Waals surface area contributed by atoms with Gasteiger partial charge in [0.1, 0.15) is 0 Å². The van der Waals surface area contributed by atoms with E-state index in [2.05, 4.69) is 50.7 Å². The molecule has 3 aromatic rings. The Morgan fingerprint density at radius 3 is 2.68 bits per heavy atom. The van der Waals surface area contributed by atoms with E-state index < -0.39 is 0 Å². The second-order valence-electron chi connectivity index (χ2n) is 3.96. The van der Waals surface area contributed by atoms with Gasteiger partial charge in [-0.25, -0.2) is 4.98 Å². The molecule has 0 radical (unpaired) electrons. The Bertz CT molecular complexity index is 707. The Kier molecular flexibility index (Phi) is 3.77. The zero-order chi connectivity index (χ0) is 13.2. The molecule has 0 saturated carbocycles. The average molecular weight is 351 g/mol. The Morgan fingerprint density at radius 1 is 1.16 bits per heavy atom. The molecule has 0 fully saturated rings. The van der Waals surface area contributed by atoms with Crippen molar-refractivity contribution in [1.82, 2.24) is 4.98 Å². The Hall–Kier alpha value is -1.04. The van der Waals surface area contributed by atoms with Crippen LogP contribution in [0.15, 0.2) is 51.8 Å². The van der Waals surface area contributed by atoms with E-state index in [9.17, 15) is 0 Å². The van der Waals surface area contributed by atoms with Crippen molar-refractivity contribution in [2.24, 2.45) is 0 Å². The predicted octanol–water partition coefficient (Wildman–Crippen LogP) is 5.52. The number of halogens is 1. The number of rotatable bonds is 3. The van der Waals surface area contributed by atoms with Gasteiger partial charge in [0.05, 0.1) is 10.2 Å². The first-order valence-corrected chi connectivity index (χ1v) is 8.56. The van der Waals surface area contributed by atoms with E-state index >= 15 is 0 Å². The summed E-state index contributed by atoms with van der Waals surface area (Å²) in [4.78, 5) is 5.90. The van der Waals surface area contributed by atoms with Gasteiger partial charge in [0.2, 0.25) is 0 Å². The first kappa shape index (κ1) is 13.0. The van der Waals surface area contributed by atoms with Gasteiger partial charge in [-0.05, 0) is 42.7 Å². The van der Waals surface area contributed by atoms with E-state index in [-0.39, 0.29) is 0 Å². The third-order valence-electron chi connectivity index (χ3n) is 2.70. The first-order chi connectivity index (χ1) is 9.26. The summed E-state index contributed by atoms with van der Waals surface area (Å²) in [6.45, 7) is 0. The summed E-state index contributed by atoms with van der Waals surface area (Å²) in [6.07, 6.45) is 2.08. The molecule has 2 nitrogen and oxygen atoms in total. The highest BCUT2D eigenvalue weighted by Crippen LogP contribution is 2.33. The van der Waals surface area contributed by atoms with Gasteiger partial charge in [-0.1, -0.05) is 33.3 Å². The van der Waals surface area contributed by atoms with Crippen molar-refractivity contribution in [3.63, 3.8) is 0 Å². The molecular weight excluding hydrogens is 340 g/mol. The minimum atomic E-state index is 0.929. The fourth-order valence-electron chi connectivity index (χ4n) is 1.80. The van der Waals surface area contributed by atoms with Gasteiger partial charge in [-0.15, -0.1) is 11.8 Å². The van der Waals surface area contributed by atoms with Crippen LogP contribution in [-0.2, 0) is 0 Å². The summed E-state index contributed by atoms with van der Waals surface area (Å²) in [5.74, 6) is 0. The number of fused-ring (bicyclic) bond motifs is 1. The Labute approximate surface area is 128 Å². The summed E-state index contributed by atoms with van der Waals surface area (Å²) in [5.41, 5.74) is 2.13. The average Bonchev–Trinajstić information content (AvgIpc) is 2.83. The summed E-state index contributed by atoms with van der Waals surface area (Å²) >= 11 is 6.84. The number of benzene rings is 2. The zero-order valence-corrected chi connectivity index (χ0v) is 13.4. The molecule has 1 N–H and O–H groups in total. The highest BCUT2D eigenvalue weighted by atomic mass is 79.9. The van der Waals surface area contributed by atoms with Crippen molar-refractivity contribution in [1.29, 1.82) is 0 Å². The molecule has 0 spiro atoms. The van der Waals surface area contributed by atoms with E-state index in [1.807, 2.05) is 24.3 Å². The number of para-hydroxylation sites is 1. The molecule has 0 amide bonds. The molecule has 0 unspecified atom stereocenters. The van der Waals surface area contributed by atoms with Crippen molar-refractivity contribution in [2.45, 2.75) is 4.90 Å². The van der Waals surface area contributed by atoms with Gasteiger partial charge in [-0.3, -0.25) is 0 Å². The van der Waals surface area contributed by atoms with Crippen LogP contribution in [0.2, 0.25) is 0 Å². The molecule has 0 atom stereocenters. The van der Waals surface area contributed by atoms with Crippen LogP contribution in [0.25, 0.3) is 10.2 Å². The van der Waals surface area contributed by atoms with Gasteiger partial charge in [-0.2, -0.15) is 0 Å². The van der Waals surface area contributed by atoms with Crippen LogP contribution in [0.4, 0.5) is 10.8 Å². The standard InChI is InChI=1S/C14H11BrN2S2/c1-18-11-3-2-4-12-13(11)17-14(19-12)16-10-7-5-9(15)6-8-10/h2-8H,1H3,(H,16,17). The number of hydrogen-bond acceptors (Lipinski definition) is 4. The molecular formula is C14H11BrN2S2. The lowest BCUT2D eigenvalue weighted by Gasteiger charge is -2.01. The molecule has 0 aliphatic heterocycles. The molecule has 0 aliphatic rings. The number of thiazole rings is 1. The summed E-state index contributed by atoms with van der Waals surface area (Å²) in [5, 5.41) is 4.28. The third-order valence-corrected chi connectivity index (χ3v) is 4.93. The largest absolute Gasteiger partial charge is 0.332 e. The van der Waals surface area contributed by atoms with Crippen molar-refractivity contribution >= 4 is 60.1 Å². The summed E-state index contributed by atoms with van der Waals surface area (Å²) < 4.78 is 2.29. The maximum absolute atomic E-state index is 4.68. The fourth-order valence-corrected chi connectivity index (χ4v) is 3.60. The van der Waals surface area contributed by atoms with E-state index in [0.29, 0.717) is 0 Å². The molecule has 3 rings (SSSR count). The molecule has 5 heteroatoms. The summed E-state index contributed by atoms with van der Waals surface area (Å²) in [7, 11) is 0. The quantitative estimate of drug-likeness (QED) is 0.629. The SMILES string of the molecule is CSc1cccc2sc(Nc3ccc(Br)cc3)nc12. The topological polar surface area (TPSA) is 24.9 Å². The highest BCUT2D eigenvalue weighted by molar-refractivity contribution is 9.10. The Morgan fingerprint density at radius 2 is 1.95 bits per heavy atom. The lowest BCUT2D eigenvalue weighted by Crippen LogP contribution is -1.88. The number of anilines is 2. The number of hydrogen-bond donors (Lipinski definition) is 1. The van der Waals surface area contributed by atoms with Crippen LogP contribution in [0.3, 0.4) is 0 Å². The van der Waals surface area contributed by atoms with Gasteiger partial charge < -0.3 is 5.32 Å². The molecule has 0 aliphatic carbocycles. The van der Waals surface area contributed by atoms with Gasteiger partial charge in [0.25, 0.3) is 0 Å². The van der Waals surface area contributed by atoms with E-state index in [0.717, 1.165) is 20.8 Å². The number of aromatic nitrogens is 1. The van der Waals surface area contributed by atoms with Crippen LogP contribution in [0, 0.1) is 0 Å². The van der Waals surface area contributed by atoms with Gasteiger partial charge in [0.15, 0.2) is 5.13 Å². The van der Waals surface area contributed by atoms with Crippen molar-refractivity contribution in [2.75, 3.05) is 11.6 Å². The normalized spacial score (nSPS) is 10.8. The van der Waals surface area contributed by atoms with E-state index in [4.69, 9.17) is 0 Å². The maximum atomic E-state index is 4.68.